The maximum atomic E-state index is 2.43. The van der Waals surface area contributed by atoms with E-state index in [0.29, 0.717) is 0 Å². The van der Waals surface area contributed by atoms with Crippen LogP contribution in [0, 0.1) is 0 Å². The molecular weight excluding hydrogens is 230 g/mol. The van der Waals surface area contributed by atoms with Crippen molar-refractivity contribution in [3.05, 3.63) is 65.7 Å². The highest BCUT2D eigenvalue weighted by atomic mass is 15.2. The maximum absolute atomic E-state index is 2.43. The summed E-state index contributed by atoms with van der Waals surface area (Å²) in [7, 11) is 0. The number of benzene rings is 2. The van der Waals surface area contributed by atoms with Gasteiger partial charge in [0.1, 0.15) is 0 Å². The summed E-state index contributed by atoms with van der Waals surface area (Å²) in [5, 5.41) is 0. The normalized spacial score (nSPS) is 16.8. The Kier molecular flexibility index (Phi) is 2.70. The highest BCUT2D eigenvalue weighted by Gasteiger charge is 2.34. The molecule has 2 aromatic carbocycles. The van der Waals surface area contributed by atoms with Gasteiger partial charge in [-0.1, -0.05) is 42.5 Å². The van der Waals surface area contributed by atoms with Crippen LogP contribution in [-0.2, 0) is 0 Å². The van der Waals surface area contributed by atoms with Gasteiger partial charge in [0, 0.05) is 11.4 Å². The van der Waals surface area contributed by atoms with Crippen LogP contribution in [0.5, 0.6) is 0 Å². The summed E-state index contributed by atoms with van der Waals surface area (Å²) in [6.45, 7) is 6.77. The monoisotopic (exact) mass is 249 g/mol. The zero-order valence-electron chi connectivity index (χ0n) is 11.7. The highest BCUT2D eigenvalue weighted by molar-refractivity contribution is 5.81. The minimum Gasteiger partial charge on any atom is -0.332 e. The van der Waals surface area contributed by atoms with Gasteiger partial charge in [0.05, 0.1) is 5.54 Å². The van der Waals surface area contributed by atoms with Crippen LogP contribution >= 0.6 is 0 Å². The first-order valence-electron chi connectivity index (χ1n) is 6.74. The average Bonchev–Trinajstić information content (AvgIpc) is 2.41. The Morgan fingerprint density at radius 3 is 2.21 bits per heavy atom. The summed E-state index contributed by atoms with van der Waals surface area (Å²) in [6.07, 6.45) is 2.30. The van der Waals surface area contributed by atoms with Crippen LogP contribution in [0.25, 0.3) is 6.08 Å². The lowest BCUT2D eigenvalue weighted by Crippen LogP contribution is -2.43. The zero-order valence-corrected chi connectivity index (χ0v) is 11.7. The quantitative estimate of drug-likeness (QED) is 0.686. The molecule has 0 atom stereocenters. The minimum atomic E-state index is -0.00426. The van der Waals surface area contributed by atoms with E-state index >= 15 is 0 Å². The summed E-state index contributed by atoms with van der Waals surface area (Å²) in [5.41, 5.74) is 5.20. The molecule has 3 rings (SSSR count). The molecule has 0 fully saturated rings. The molecule has 0 amide bonds. The molecule has 1 heterocycles. The lowest BCUT2D eigenvalue weighted by molar-refractivity contribution is 0.588. The lowest BCUT2D eigenvalue weighted by Gasteiger charge is -2.45. The fourth-order valence-electron chi connectivity index (χ4n) is 2.74. The van der Waals surface area contributed by atoms with Gasteiger partial charge in [-0.25, -0.2) is 0 Å². The van der Waals surface area contributed by atoms with E-state index < -0.39 is 0 Å². The van der Waals surface area contributed by atoms with E-state index in [-0.39, 0.29) is 5.54 Å². The first kappa shape index (κ1) is 12.0. The standard InChI is InChI=1S/C18H19N/c1-14-13-15-9-7-8-12-17(15)19(18(14,2)3)16-10-5-4-6-11-16/h4-13H,1-3H3. The van der Waals surface area contributed by atoms with E-state index in [1.165, 1.54) is 22.5 Å². The number of fused-ring (bicyclic) bond motifs is 1. The number of rotatable bonds is 1. The molecule has 1 aliphatic rings. The van der Waals surface area contributed by atoms with Crippen molar-refractivity contribution in [2.24, 2.45) is 0 Å². The molecule has 19 heavy (non-hydrogen) atoms. The second-order valence-corrected chi connectivity index (χ2v) is 5.62. The van der Waals surface area contributed by atoms with Crippen molar-refractivity contribution < 1.29 is 0 Å². The van der Waals surface area contributed by atoms with Gasteiger partial charge < -0.3 is 4.90 Å². The summed E-state index contributed by atoms with van der Waals surface area (Å²) >= 11 is 0. The molecule has 0 saturated heterocycles. The van der Waals surface area contributed by atoms with Gasteiger partial charge >= 0.3 is 0 Å². The smallest absolute Gasteiger partial charge is 0.0607 e. The lowest BCUT2D eigenvalue weighted by atomic mass is 9.86. The third-order valence-corrected chi connectivity index (χ3v) is 4.09. The molecule has 1 nitrogen and oxygen atoms in total. The van der Waals surface area contributed by atoms with Crippen LogP contribution in [0.3, 0.4) is 0 Å². The molecule has 0 aromatic heterocycles. The Balaban J connectivity index is 2.24. The number of hydrogen-bond acceptors (Lipinski definition) is 1. The topological polar surface area (TPSA) is 3.24 Å². The Morgan fingerprint density at radius 2 is 1.47 bits per heavy atom. The first-order valence-corrected chi connectivity index (χ1v) is 6.74. The molecule has 0 unspecified atom stereocenters. The number of hydrogen-bond donors (Lipinski definition) is 0. The second-order valence-electron chi connectivity index (χ2n) is 5.62. The summed E-state index contributed by atoms with van der Waals surface area (Å²) < 4.78 is 0. The van der Waals surface area contributed by atoms with Crippen LogP contribution in [0.2, 0.25) is 0 Å². The zero-order chi connectivity index (χ0) is 13.5. The number of para-hydroxylation sites is 2. The minimum absolute atomic E-state index is 0.00426. The summed E-state index contributed by atoms with van der Waals surface area (Å²) in [4.78, 5) is 2.43. The highest BCUT2D eigenvalue weighted by Crippen LogP contribution is 2.43. The van der Waals surface area contributed by atoms with Crippen LogP contribution in [0.15, 0.2) is 60.2 Å². The van der Waals surface area contributed by atoms with Gasteiger partial charge in [-0.2, -0.15) is 0 Å². The van der Waals surface area contributed by atoms with E-state index in [0.717, 1.165) is 0 Å². The molecule has 0 N–H and O–H groups in total. The summed E-state index contributed by atoms with van der Waals surface area (Å²) in [5.74, 6) is 0. The van der Waals surface area contributed by atoms with E-state index in [2.05, 4.69) is 86.3 Å². The van der Waals surface area contributed by atoms with Crippen molar-refractivity contribution in [1.29, 1.82) is 0 Å². The van der Waals surface area contributed by atoms with Crippen molar-refractivity contribution in [1.82, 2.24) is 0 Å². The molecule has 0 aliphatic carbocycles. The van der Waals surface area contributed by atoms with E-state index in [4.69, 9.17) is 0 Å². The Hall–Kier alpha value is -2.02. The second kappa shape index (κ2) is 4.27. The van der Waals surface area contributed by atoms with Gasteiger partial charge in [0.2, 0.25) is 0 Å². The molecule has 96 valence electrons. The van der Waals surface area contributed by atoms with Crippen molar-refractivity contribution in [2.75, 3.05) is 4.90 Å². The predicted octanol–water partition coefficient (Wildman–Crippen LogP) is 5.02. The largest absolute Gasteiger partial charge is 0.332 e. The first-order chi connectivity index (χ1) is 9.10. The molecule has 1 aliphatic heterocycles. The van der Waals surface area contributed by atoms with E-state index in [1.54, 1.807) is 0 Å². The molecular formula is C18H19N. The summed E-state index contributed by atoms with van der Waals surface area (Å²) in [6, 6.07) is 19.2. The SMILES string of the molecule is CC1=Cc2ccccc2N(c2ccccc2)C1(C)C. The van der Waals surface area contributed by atoms with E-state index in [1.807, 2.05) is 0 Å². The molecule has 0 saturated carbocycles. The fourth-order valence-corrected chi connectivity index (χ4v) is 2.74. The van der Waals surface area contributed by atoms with Crippen molar-refractivity contribution >= 4 is 17.5 Å². The molecule has 0 bridgehead atoms. The van der Waals surface area contributed by atoms with Crippen LogP contribution in [-0.4, -0.2) is 5.54 Å². The molecule has 2 aromatic rings. The van der Waals surface area contributed by atoms with Gasteiger partial charge in [-0.3, -0.25) is 0 Å². The molecule has 0 radical (unpaired) electrons. The van der Waals surface area contributed by atoms with Gasteiger partial charge in [0.15, 0.2) is 0 Å². The number of anilines is 2. The third kappa shape index (κ3) is 1.86. The van der Waals surface area contributed by atoms with Crippen molar-refractivity contribution in [2.45, 2.75) is 26.3 Å². The van der Waals surface area contributed by atoms with Crippen LogP contribution in [0.1, 0.15) is 26.3 Å². The molecule has 0 spiro atoms. The average molecular weight is 249 g/mol. The maximum Gasteiger partial charge on any atom is 0.0607 e. The Labute approximate surface area is 115 Å². The third-order valence-electron chi connectivity index (χ3n) is 4.09. The number of nitrogens with zero attached hydrogens (tertiary/aromatic N) is 1. The van der Waals surface area contributed by atoms with Crippen LogP contribution in [0.4, 0.5) is 11.4 Å². The Morgan fingerprint density at radius 1 is 0.842 bits per heavy atom. The van der Waals surface area contributed by atoms with Gasteiger partial charge in [0.25, 0.3) is 0 Å². The Bertz CT molecular complexity index is 623. The van der Waals surface area contributed by atoms with Gasteiger partial charge in [-0.15, -0.1) is 0 Å². The van der Waals surface area contributed by atoms with Gasteiger partial charge in [-0.05, 0) is 50.1 Å². The van der Waals surface area contributed by atoms with Crippen LogP contribution < -0.4 is 4.90 Å². The predicted molar refractivity (Wildman–Crippen MR) is 82.8 cm³/mol. The van der Waals surface area contributed by atoms with Crippen molar-refractivity contribution in [3.63, 3.8) is 0 Å². The fraction of sp³-hybridized carbons (Fsp3) is 0.222. The van der Waals surface area contributed by atoms with E-state index in [9.17, 15) is 0 Å². The van der Waals surface area contributed by atoms with Crippen molar-refractivity contribution in [3.8, 4) is 0 Å². The molecule has 1 heteroatoms.